The fraction of sp³-hybridized carbons (Fsp3) is 0.833. The van der Waals surface area contributed by atoms with Gasteiger partial charge >= 0.3 is 5.97 Å². The van der Waals surface area contributed by atoms with Crippen molar-refractivity contribution in [3.8, 4) is 0 Å². The van der Waals surface area contributed by atoms with Crippen LogP contribution in [-0.2, 0) is 4.79 Å². The summed E-state index contributed by atoms with van der Waals surface area (Å²) in [6.45, 7) is 2.23. The Morgan fingerprint density at radius 3 is 2.29 bits per heavy atom. The summed E-state index contributed by atoms with van der Waals surface area (Å²) >= 11 is 0. The highest BCUT2D eigenvalue weighted by Gasteiger charge is 2.01. The van der Waals surface area contributed by atoms with Crippen LogP contribution in [0.15, 0.2) is 12.2 Å². The van der Waals surface area contributed by atoms with Crippen LogP contribution < -0.4 is 0 Å². The second-order valence-corrected chi connectivity index (χ2v) is 5.91. The summed E-state index contributed by atoms with van der Waals surface area (Å²) < 4.78 is 0. The van der Waals surface area contributed by atoms with E-state index in [1.54, 1.807) is 0 Å². The van der Waals surface area contributed by atoms with E-state index in [2.05, 4.69) is 13.0 Å². The minimum Gasteiger partial charge on any atom is -0.481 e. The van der Waals surface area contributed by atoms with Gasteiger partial charge in [0.25, 0.3) is 0 Å². The van der Waals surface area contributed by atoms with Gasteiger partial charge in [-0.3, -0.25) is 4.79 Å². The molecule has 0 aliphatic carbocycles. The van der Waals surface area contributed by atoms with Crippen LogP contribution in [0.3, 0.4) is 0 Å². The van der Waals surface area contributed by atoms with Crippen molar-refractivity contribution < 1.29 is 15.0 Å². The van der Waals surface area contributed by atoms with Crippen molar-refractivity contribution in [3.63, 3.8) is 0 Å². The number of aliphatic carboxylic acids is 1. The SMILES string of the molecule is CCCCCCCCCC(O)CC=CCCCCC(=O)O. The third-order valence-corrected chi connectivity index (χ3v) is 3.73. The molecule has 0 spiro atoms. The van der Waals surface area contributed by atoms with E-state index in [4.69, 9.17) is 5.11 Å². The lowest BCUT2D eigenvalue weighted by atomic mass is 10.0. The number of carboxylic acids is 1. The maximum atomic E-state index is 10.3. The number of rotatable bonds is 15. The molecule has 0 aromatic heterocycles. The lowest BCUT2D eigenvalue weighted by Gasteiger charge is -2.07. The molecule has 0 saturated heterocycles. The summed E-state index contributed by atoms with van der Waals surface area (Å²) in [7, 11) is 0. The Balaban J connectivity index is 3.29. The number of hydrogen-bond donors (Lipinski definition) is 2. The first kappa shape index (κ1) is 20.2. The van der Waals surface area contributed by atoms with Crippen LogP contribution in [0.25, 0.3) is 0 Å². The highest BCUT2D eigenvalue weighted by molar-refractivity contribution is 5.66. The van der Waals surface area contributed by atoms with Gasteiger partial charge in [0.1, 0.15) is 0 Å². The molecule has 0 aromatic rings. The molecule has 0 aliphatic rings. The number of allylic oxidation sites excluding steroid dienone is 1. The number of unbranched alkanes of at least 4 members (excludes halogenated alkanes) is 8. The Morgan fingerprint density at radius 2 is 1.62 bits per heavy atom. The number of hydrogen-bond acceptors (Lipinski definition) is 2. The van der Waals surface area contributed by atoms with Crippen molar-refractivity contribution in [2.75, 3.05) is 0 Å². The second-order valence-electron chi connectivity index (χ2n) is 5.91. The van der Waals surface area contributed by atoms with Gasteiger partial charge in [-0.25, -0.2) is 0 Å². The van der Waals surface area contributed by atoms with Crippen molar-refractivity contribution in [2.45, 2.75) is 96.5 Å². The second kappa shape index (κ2) is 15.6. The zero-order valence-electron chi connectivity index (χ0n) is 13.7. The van der Waals surface area contributed by atoms with E-state index >= 15 is 0 Å². The van der Waals surface area contributed by atoms with Crippen molar-refractivity contribution in [1.29, 1.82) is 0 Å². The average Bonchev–Trinajstić information content (AvgIpc) is 2.45. The first-order valence-corrected chi connectivity index (χ1v) is 8.71. The molecule has 21 heavy (non-hydrogen) atoms. The summed E-state index contributed by atoms with van der Waals surface area (Å²) in [4.78, 5) is 10.3. The van der Waals surface area contributed by atoms with E-state index < -0.39 is 5.97 Å². The molecule has 124 valence electrons. The summed E-state index contributed by atoms with van der Waals surface area (Å²) in [5.74, 6) is -0.718. The molecule has 3 nitrogen and oxygen atoms in total. The highest BCUT2D eigenvalue weighted by atomic mass is 16.4. The van der Waals surface area contributed by atoms with Crippen LogP contribution in [0.1, 0.15) is 90.4 Å². The van der Waals surface area contributed by atoms with E-state index in [0.717, 1.165) is 38.5 Å². The number of aliphatic hydroxyl groups is 1. The number of carbonyl (C=O) groups is 1. The van der Waals surface area contributed by atoms with Crippen LogP contribution in [0.2, 0.25) is 0 Å². The maximum Gasteiger partial charge on any atom is 0.303 e. The van der Waals surface area contributed by atoms with Crippen molar-refractivity contribution >= 4 is 5.97 Å². The molecule has 1 unspecified atom stereocenters. The van der Waals surface area contributed by atoms with Crippen LogP contribution in [0.5, 0.6) is 0 Å². The van der Waals surface area contributed by atoms with Gasteiger partial charge in [-0.15, -0.1) is 0 Å². The molecule has 0 aliphatic heterocycles. The maximum absolute atomic E-state index is 10.3. The normalized spacial score (nSPS) is 12.9. The Morgan fingerprint density at radius 1 is 0.952 bits per heavy atom. The van der Waals surface area contributed by atoms with E-state index in [-0.39, 0.29) is 12.5 Å². The molecular weight excluding hydrogens is 264 g/mol. The van der Waals surface area contributed by atoms with E-state index in [0.29, 0.717) is 0 Å². The largest absolute Gasteiger partial charge is 0.481 e. The molecule has 0 radical (unpaired) electrons. The molecule has 0 amide bonds. The minimum absolute atomic E-state index is 0.212. The van der Waals surface area contributed by atoms with Gasteiger partial charge in [-0.05, 0) is 32.1 Å². The zero-order chi connectivity index (χ0) is 15.8. The van der Waals surface area contributed by atoms with Crippen molar-refractivity contribution in [3.05, 3.63) is 12.2 Å². The Bertz CT molecular complexity index is 261. The lowest BCUT2D eigenvalue weighted by Crippen LogP contribution is -2.04. The molecule has 0 rings (SSSR count). The van der Waals surface area contributed by atoms with Gasteiger partial charge in [0.2, 0.25) is 0 Å². The van der Waals surface area contributed by atoms with Crippen molar-refractivity contribution in [1.82, 2.24) is 0 Å². The molecule has 0 bridgehead atoms. The molecule has 1 atom stereocenters. The van der Waals surface area contributed by atoms with Gasteiger partial charge in [0.05, 0.1) is 6.10 Å². The number of carboxylic acid groups (broad SMARTS) is 1. The monoisotopic (exact) mass is 298 g/mol. The van der Waals surface area contributed by atoms with E-state index in [9.17, 15) is 9.90 Å². The van der Waals surface area contributed by atoms with Gasteiger partial charge in [0, 0.05) is 6.42 Å². The predicted octanol–water partition coefficient (Wildman–Crippen LogP) is 5.08. The standard InChI is InChI=1S/C18H34O3/c1-2-3-4-5-6-8-11-14-17(19)15-12-9-7-10-13-16-18(20)21/h9,12,17,19H,2-8,10-11,13-16H2,1H3,(H,20,21). The van der Waals surface area contributed by atoms with Crippen LogP contribution in [-0.4, -0.2) is 22.3 Å². The molecule has 3 heteroatoms. The summed E-state index contributed by atoms with van der Waals surface area (Å²) in [6.07, 6.45) is 17.3. The fourth-order valence-corrected chi connectivity index (χ4v) is 2.36. The average molecular weight is 298 g/mol. The van der Waals surface area contributed by atoms with Gasteiger partial charge in [0.15, 0.2) is 0 Å². The molecular formula is C18H34O3. The molecule has 0 heterocycles. The van der Waals surface area contributed by atoms with Gasteiger partial charge < -0.3 is 10.2 Å². The molecule has 0 fully saturated rings. The van der Waals surface area contributed by atoms with Crippen LogP contribution >= 0.6 is 0 Å². The predicted molar refractivity (Wildman–Crippen MR) is 88.5 cm³/mol. The summed E-state index contributed by atoms with van der Waals surface area (Å²) in [5.41, 5.74) is 0. The molecule has 0 aromatic carbocycles. The third kappa shape index (κ3) is 17.1. The fourth-order valence-electron chi connectivity index (χ4n) is 2.36. The van der Waals surface area contributed by atoms with Crippen molar-refractivity contribution in [2.24, 2.45) is 0 Å². The van der Waals surface area contributed by atoms with Crippen LogP contribution in [0.4, 0.5) is 0 Å². The lowest BCUT2D eigenvalue weighted by molar-refractivity contribution is -0.137. The quantitative estimate of drug-likeness (QED) is 0.327. The first-order chi connectivity index (χ1) is 10.2. The first-order valence-electron chi connectivity index (χ1n) is 8.71. The van der Waals surface area contributed by atoms with E-state index in [1.807, 2.05) is 6.08 Å². The smallest absolute Gasteiger partial charge is 0.303 e. The molecule has 2 N–H and O–H groups in total. The topological polar surface area (TPSA) is 57.5 Å². The van der Waals surface area contributed by atoms with E-state index in [1.165, 1.54) is 38.5 Å². The third-order valence-electron chi connectivity index (χ3n) is 3.73. The Labute approximate surface area is 130 Å². The van der Waals surface area contributed by atoms with Gasteiger partial charge in [-0.1, -0.05) is 64.0 Å². The minimum atomic E-state index is -0.718. The number of aliphatic hydroxyl groups excluding tert-OH is 1. The van der Waals surface area contributed by atoms with Crippen LogP contribution in [0, 0.1) is 0 Å². The summed E-state index contributed by atoms with van der Waals surface area (Å²) in [5, 5.41) is 18.3. The molecule has 0 saturated carbocycles. The zero-order valence-corrected chi connectivity index (χ0v) is 13.7. The highest BCUT2D eigenvalue weighted by Crippen LogP contribution is 2.11. The summed E-state index contributed by atoms with van der Waals surface area (Å²) in [6, 6.07) is 0. The Hall–Kier alpha value is -0.830. The van der Waals surface area contributed by atoms with Gasteiger partial charge in [-0.2, -0.15) is 0 Å². The Kier molecular flexibility index (Phi) is 14.9.